The third-order valence-electron chi connectivity index (χ3n) is 3.60. The molecule has 4 N–H and O–H groups in total. The van der Waals surface area contributed by atoms with Gasteiger partial charge in [0, 0.05) is 5.56 Å². The minimum Gasteiger partial charge on any atom is -0.486 e. The molecule has 1 aromatic carbocycles. The van der Waals surface area contributed by atoms with Crippen molar-refractivity contribution in [2.75, 3.05) is 24.7 Å². The van der Waals surface area contributed by atoms with Gasteiger partial charge in [0.2, 0.25) is 5.91 Å². The van der Waals surface area contributed by atoms with Gasteiger partial charge >= 0.3 is 0 Å². The Balaban J connectivity index is 2.20. The highest BCUT2D eigenvalue weighted by atomic mass is 32.2. The summed E-state index contributed by atoms with van der Waals surface area (Å²) in [6.07, 6.45) is 0. The molecule has 1 aliphatic rings. The number of anilines is 1. The second-order valence-corrected chi connectivity index (χ2v) is 6.23. The summed E-state index contributed by atoms with van der Waals surface area (Å²) < 4.78 is 11.1. The van der Waals surface area contributed by atoms with E-state index in [1.807, 2.05) is 6.07 Å². The van der Waals surface area contributed by atoms with Crippen molar-refractivity contribution in [3.05, 3.63) is 29.3 Å². The fourth-order valence-corrected chi connectivity index (χ4v) is 3.26. The normalized spacial score (nSPS) is 12.1. The van der Waals surface area contributed by atoms with Crippen molar-refractivity contribution in [3.63, 3.8) is 0 Å². The lowest BCUT2D eigenvalue weighted by atomic mass is 9.96. The van der Waals surface area contributed by atoms with Crippen LogP contribution in [0.4, 0.5) is 5.82 Å². The number of amides is 1. The van der Waals surface area contributed by atoms with Gasteiger partial charge < -0.3 is 20.9 Å². The number of thioether (sulfide) groups is 1. The van der Waals surface area contributed by atoms with Crippen molar-refractivity contribution >= 4 is 23.5 Å². The molecule has 1 aliphatic heterocycles. The molecule has 1 amide bonds. The van der Waals surface area contributed by atoms with Gasteiger partial charge in [0.1, 0.15) is 41.8 Å². The number of aromatic nitrogens is 1. The predicted octanol–water partition coefficient (Wildman–Crippen LogP) is 1.42. The second kappa shape index (κ2) is 7.21. The van der Waals surface area contributed by atoms with Crippen molar-refractivity contribution in [3.8, 4) is 34.8 Å². The molecule has 0 radical (unpaired) electrons. The predicted molar refractivity (Wildman–Crippen MR) is 94.4 cm³/mol. The van der Waals surface area contributed by atoms with Gasteiger partial charge in [0.25, 0.3) is 0 Å². The van der Waals surface area contributed by atoms with Crippen LogP contribution in [-0.4, -0.2) is 29.9 Å². The monoisotopic (exact) mass is 367 g/mol. The maximum Gasteiger partial charge on any atom is 0.227 e. The highest BCUT2D eigenvalue weighted by Gasteiger charge is 2.22. The van der Waals surface area contributed by atoms with E-state index < -0.39 is 5.91 Å². The first kappa shape index (κ1) is 17.4. The van der Waals surface area contributed by atoms with Crippen molar-refractivity contribution in [2.24, 2.45) is 5.73 Å². The molecule has 0 saturated heterocycles. The van der Waals surface area contributed by atoms with Crippen LogP contribution in [0.15, 0.2) is 23.2 Å². The molecule has 1 aromatic heterocycles. The maximum atomic E-state index is 11.1. The molecule has 2 heterocycles. The molecule has 26 heavy (non-hydrogen) atoms. The Morgan fingerprint density at radius 2 is 1.88 bits per heavy atom. The van der Waals surface area contributed by atoms with E-state index in [1.165, 1.54) is 0 Å². The van der Waals surface area contributed by atoms with E-state index >= 15 is 0 Å². The quantitative estimate of drug-likeness (QED) is 0.771. The Hall–Kier alpha value is -3.43. The van der Waals surface area contributed by atoms with Crippen LogP contribution in [0.2, 0.25) is 0 Å². The summed E-state index contributed by atoms with van der Waals surface area (Å²) in [6, 6.07) is 9.16. The van der Waals surface area contributed by atoms with Gasteiger partial charge in [-0.25, -0.2) is 4.98 Å². The van der Waals surface area contributed by atoms with E-state index in [0.717, 1.165) is 11.8 Å². The van der Waals surface area contributed by atoms with Crippen LogP contribution in [0, 0.1) is 22.7 Å². The molecular formula is C17H13N5O3S. The number of nitrogens with zero attached hydrogens (tertiary/aromatic N) is 3. The number of nitriles is 2. The molecule has 0 bridgehead atoms. The Morgan fingerprint density at radius 3 is 2.54 bits per heavy atom. The van der Waals surface area contributed by atoms with Crippen molar-refractivity contribution in [1.82, 2.24) is 4.98 Å². The third kappa shape index (κ3) is 3.21. The lowest BCUT2D eigenvalue weighted by Gasteiger charge is -2.20. The summed E-state index contributed by atoms with van der Waals surface area (Å²) in [5.74, 6) is 0.464. The largest absolute Gasteiger partial charge is 0.486 e. The van der Waals surface area contributed by atoms with E-state index in [2.05, 4.69) is 11.1 Å². The molecule has 2 aromatic rings. The smallest absolute Gasteiger partial charge is 0.227 e. The zero-order chi connectivity index (χ0) is 18.7. The number of fused-ring (bicyclic) bond motifs is 1. The van der Waals surface area contributed by atoms with Gasteiger partial charge in [-0.3, -0.25) is 4.79 Å². The van der Waals surface area contributed by atoms with Crippen molar-refractivity contribution in [1.29, 1.82) is 10.5 Å². The van der Waals surface area contributed by atoms with Gasteiger partial charge in [-0.15, -0.1) is 0 Å². The summed E-state index contributed by atoms with van der Waals surface area (Å²) in [6.45, 7) is 0.861. The molecule has 0 atom stereocenters. The summed E-state index contributed by atoms with van der Waals surface area (Å²) >= 11 is 0.997. The third-order valence-corrected chi connectivity index (χ3v) is 4.60. The molecule has 130 valence electrons. The average molecular weight is 367 g/mol. The van der Waals surface area contributed by atoms with Crippen LogP contribution in [0.5, 0.6) is 11.5 Å². The van der Waals surface area contributed by atoms with Crippen LogP contribution >= 0.6 is 11.8 Å². The molecule has 0 unspecified atom stereocenters. The first-order chi connectivity index (χ1) is 12.5. The molecule has 8 nitrogen and oxygen atoms in total. The van der Waals surface area contributed by atoms with E-state index in [0.29, 0.717) is 35.8 Å². The molecule has 0 fully saturated rings. The molecule has 0 saturated carbocycles. The molecular weight excluding hydrogens is 354 g/mol. The number of hydrogen-bond donors (Lipinski definition) is 2. The lowest BCUT2D eigenvalue weighted by molar-refractivity contribution is -0.115. The zero-order valence-corrected chi connectivity index (χ0v) is 14.3. The van der Waals surface area contributed by atoms with Crippen LogP contribution in [0.3, 0.4) is 0 Å². The number of nitrogens with two attached hydrogens (primary N) is 2. The number of pyridine rings is 1. The standard InChI is InChI=1S/C17H13N5O3S/c18-6-10-15(9-1-2-12-13(5-9)25-4-3-24-12)11(7-19)17(22-16(10)21)26-8-14(20)23/h1-2,5H,3-4,8H2,(H2,20,23)(H2,21,22). The van der Waals surface area contributed by atoms with Gasteiger partial charge in [0.05, 0.1) is 11.3 Å². The Kier molecular flexibility index (Phi) is 4.83. The zero-order valence-electron chi connectivity index (χ0n) is 13.5. The van der Waals surface area contributed by atoms with E-state index in [4.69, 9.17) is 20.9 Å². The maximum absolute atomic E-state index is 11.1. The Labute approximate surface area is 153 Å². The van der Waals surface area contributed by atoms with Crippen molar-refractivity contribution < 1.29 is 14.3 Å². The number of rotatable bonds is 4. The van der Waals surface area contributed by atoms with Crippen LogP contribution in [-0.2, 0) is 4.79 Å². The lowest BCUT2D eigenvalue weighted by Crippen LogP contribution is -2.15. The first-order valence-electron chi connectivity index (χ1n) is 7.50. The SMILES string of the molecule is N#Cc1c(N)nc(SCC(N)=O)c(C#N)c1-c1ccc2c(c1)OCCO2. The fourth-order valence-electron chi connectivity index (χ4n) is 2.53. The Bertz CT molecular complexity index is 978. The second-order valence-electron chi connectivity index (χ2n) is 5.26. The van der Waals surface area contributed by atoms with Gasteiger partial charge in [-0.05, 0) is 17.7 Å². The highest BCUT2D eigenvalue weighted by Crippen LogP contribution is 2.40. The van der Waals surface area contributed by atoms with E-state index in [1.54, 1.807) is 18.2 Å². The van der Waals surface area contributed by atoms with E-state index in [-0.39, 0.29) is 27.7 Å². The molecule has 3 rings (SSSR count). The fraction of sp³-hybridized carbons (Fsp3) is 0.176. The molecule has 9 heteroatoms. The minimum absolute atomic E-state index is 0.0247. The van der Waals surface area contributed by atoms with E-state index in [9.17, 15) is 15.3 Å². The first-order valence-corrected chi connectivity index (χ1v) is 8.48. The summed E-state index contributed by atoms with van der Waals surface area (Å²) in [7, 11) is 0. The number of ether oxygens (including phenoxy) is 2. The van der Waals surface area contributed by atoms with Crippen LogP contribution < -0.4 is 20.9 Å². The van der Waals surface area contributed by atoms with Gasteiger partial charge in [-0.1, -0.05) is 17.8 Å². The summed E-state index contributed by atoms with van der Waals surface area (Å²) in [4.78, 5) is 15.2. The topological polar surface area (TPSA) is 148 Å². The number of hydrogen-bond acceptors (Lipinski definition) is 8. The molecule has 0 aliphatic carbocycles. The van der Waals surface area contributed by atoms with Crippen LogP contribution in [0.25, 0.3) is 11.1 Å². The number of benzene rings is 1. The molecule has 0 spiro atoms. The van der Waals surface area contributed by atoms with Gasteiger partial charge in [-0.2, -0.15) is 10.5 Å². The minimum atomic E-state index is -0.551. The number of carbonyl (C=O) groups is 1. The van der Waals surface area contributed by atoms with Crippen molar-refractivity contribution in [2.45, 2.75) is 5.03 Å². The number of carbonyl (C=O) groups excluding carboxylic acids is 1. The Morgan fingerprint density at radius 1 is 1.19 bits per heavy atom. The van der Waals surface area contributed by atoms with Gasteiger partial charge in [0.15, 0.2) is 11.5 Å². The number of nitrogen functional groups attached to an aromatic ring is 1. The average Bonchev–Trinajstić information content (AvgIpc) is 2.65. The highest BCUT2D eigenvalue weighted by molar-refractivity contribution is 8.00. The summed E-state index contributed by atoms with van der Waals surface area (Å²) in [5.41, 5.74) is 12.2. The van der Waals surface area contributed by atoms with Crippen LogP contribution in [0.1, 0.15) is 11.1 Å². The summed E-state index contributed by atoms with van der Waals surface area (Å²) in [5, 5.41) is 19.4. The number of primary amides is 1.